The summed E-state index contributed by atoms with van der Waals surface area (Å²) in [5, 5.41) is 20.7. The second kappa shape index (κ2) is 4.91. The van der Waals surface area contributed by atoms with Gasteiger partial charge in [0.05, 0.1) is 17.5 Å². The van der Waals surface area contributed by atoms with Gasteiger partial charge in [-0.2, -0.15) is 0 Å². The molecular formula is C14H15FN4O2. The summed E-state index contributed by atoms with van der Waals surface area (Å²) in [6.07, 6.45) is 2.07. The Kier molecular flexibility index (Phi) is 3.19. The first-order chi connectivity index (χ1) is 10.0. The number of hydrogen-bond donors (Lipinski definition) is 1. The lowest BCUT2D eigenvalue weighted by molar-refractivity contribution is -0.156. The fourth-order valence-corrected chi connectivity index (χ4v) is 2.65. The lowest BCUT2D eigenvalue weighted by Crippen LogP contribution is -2.42. The van der Waals surface area contributed by atoms with E-state index in [1.807, 2.05) is 0 Å². The van der Waals surface area contributed by atoms with Crippen molar-refractivity contribution in [1.29, 1.82) is 0 Å². The Morgan fingerprint density at radius 3 is 2.86 bits per heavy atom. The predicted molar refractivity (Wildman–Crippen MR) is 71.9 cm³/mol. The molecule has 1 fully saturated rings. The summed E-state index contributed by atoms with van der Waals surface area (Å²) in [4.78, 5) is 11.4. The average Bonchev–Trinajstić information content (AvgIpc) is 2.84. The van der Waals surface area contributed by atoms with Crippen molar-refractivity contribution in [2.24, 2.45) is 5.41 Å². The molecule has 1 N–H and O–H groups in total. The molecule has 1 heterocycles. The van der Waals surface area contributed by atoms with Gasteiger partial charge in [-0.25, -0.2) is 9.07 Å². The molecule has 0 atom stereocenters. The Bertz CT molecular complexity index is 694. The van der Waals surface area contributed by atoms with Gasteiger partial charge in [0.25, 0.3) is 0 Å². The number of aliphatic carboxylic acids is 1. The molecule has 1 aliphatic carbocycles. The van der Waals surface area contributed by atoms with Crippen LogP contribution in [0, 0.1) is 18.2 Å². The van der Waals surface area contributed by atoms with Gasteiger partial charge in [-0.3, -0.25) is 4.79 Å². The van der Waals surface area contributed by atoms with E-state index in [-0.39, 0.29) is 18.2 Å². The lowest BCUT2D eigenvalue weighted by Gasteiger charge is -2.37. The van der Waals surface area contributed by atoms with Crippen molar-refractivity contribution in [1.82, 2.24) is 20.2 Å². The van der Waals surface area contributed by atoms with Crippen LogP contribution in [0.4, 0.5) is 4.39 Å². The van der Waals surface area contributed by atoms with Crippen molar-refractivity contribution in [2.75, 3.05) is 0 Å². The molecule has 0 radical (unpaired) electrons. The zero-order valence-corrected chi connectivity index (χ0v) is 11.6. The van der Waals surface area contributed by atoms with Crippen LogP contribution in [0.2, 0.25) is 0 Å². The third-order valence-corrected chi connectivity index (χ3v) is 4.18. The molecule has 110 valence electrons. The Balaban J connectivity index is 1.98. The van der Waals surface area contributed by atoms with Gasteiger partial charge in [-0.15, -0.1) is 5.10 Å². The number of halogens is 1. The standard InChI is InChI=1S/C14H15FN4O2/c1-9-4-2-5-10(11(9)15)12-16-17-18-19(12)8-14(13(20)21)6-3-7-14/h2,4-5H,3,6-8H2,1H3,(H,20,21). The molecule has 0 unspecified atom stereocenters. The predicted octanol–water partition coefficient (Wildman–Crippen LogP) is 2.04. The minimum absolute atomic E-state index is 0.165. The number of aryl methyl sites for hydroxylation is 1. The lowest BCUT2D eigenvalue weighted by atomic mass is 9.69. The Morgan fingerprint density at radius 2 is 2.24 bits per heavy atom. The molecule has 7 heteroatoms. The van der Waals surface area contributed by atoms with Gasteiger partial charge < -0.3 is 5.11 Å². The van der Waals surface area contributed by atoms with Gasteiger partial charge in [0.2, 0.25) is 0 Å². The average molecular weight is 290 g/mol. The molecule has 2 aromatic rings. The number of carboxylic acids is 1. The topological polar surface area (TPSA) is 80.9 Å². The summed E-state index contributed by atoms with van der Waals surface area (Å²) in [6.45, 7) is 1.83. The smallest absolute Gasteiger partial charge is 0.311 e. The quantitative estimate of drug-likeness (QED) is 0.932. The molecular weight excluding hydrogens is 275 g/mol. The van der Waals surface area contributed by atoms with E-state index in [2.05, 4.69) is 15.5 Å². The van der Waals surface area contributed by atoms with Crippen LogP contribution in [0.25, 0.3) is 11.4 Å². The number of carbonyl (C=O) groups is 1. The third kappa shape index (κ3) is 2.18. The van der Waals surface area contributed by atoms with Crippen LogP contribution < -0.4 is 0 Å². The van der Waals surface area contributed by atoms with Gasteiger partial charge in [-0.1, -0.05) is 18.6 Å². The highest BCUT2D eigenvalue weighted by Crippen LogP contribution is 2.43. The summed E-state index contributed by atoms with van der Waals surface area (Å²) in [6, 6.07) is 4.99. The van der Waals surface area contributed by atoms with Crippen LogP contribution in [-0.4, -0.2) is 31.3 Å². The number of benzene rings is 1. The fourth-order valence-electron chi connectivity index (χ4n) is 2.65. The largest absolute Gasteiger partial charge is 0.481 e. The Hall–Kier alpha value is -2.31. The summed E-state index contributed by atoms with van der Waals surface area (Å²) >= 11 is 0. The van der Waals surface area contributed by atoms with Crippen LogP contribution in [0.3, 0.4) is 0 Å². The normalized spacial score (nSPS) is 16.5. The molecule has 0 bridgehead atoms. The fraction of sp³-hybridized carbons (Fsp3) is 0.429. The van der Waals surface area contributed by atoms with E-state index >= 15 is 0 Å². The summed E-state index contributed by atoms with van der Waals surface area (Å²) < 4.78 is 15.6. The van der Waals surface area contributed by atoms with Crippen molar-refractivity contribution >= 4 is 5.97 Å². The van der Waals surface area contributed by atoms with E-state index in [0.29, 0.717) is 24.0 Å². The summed E-state index contributed by atoms with van der Waals surface area (Å²) in [5.74, 6) is -0.963. The van der Waals surface area contributed by atoms with Crippen molar-refractivity contribution in [3.63, 3.8) is 0 Å². The van der Waals surface area contributed by atoms with Gasteiger partial charge in [0.15, 0.2) is 5.82 Å². The van der Waals surface area contributed by atoms with Crippen LogP contribution >= 0.6 is 0 Å². The van der Waals surface area contributed by atoms with Gasteiger partial charge in [0.1, 0.15) is 5.82 Å². The molecule has 1 saturated carbocycles. The minimum atomic E-state index is -0.847. The molecule has 1 aliphatic rings. The second-order valence-electron chi connectivity index (χ2n) is 5.54. The highest BCUT2D eigenvalue weighted by Gasteiger charge is 2.45. The number of carboxylic acid groups (broad SMARTS) is 1. The first-order valence-corrected chi connectivity index (χ1v) is 6.78. The van der Waals surface area contributed by atoms with E-state index in [0.717, 1.165) is 6.42 Å². The van der Waals surface area contributed by atoms with E-state index in [1.165, 1.54) is 4.68 Å². The molecule has 3 rings (SSSR count). The first kappa shape index (κ1) is 13.7. The van der Waals surface area contributed by atoms with Gasteiger partial charge in [-0.05, 0) is 41.8 Å². The van der Waals surface area contributed by atoms with Gasteiger partial charge in [0, 0.05) is 0 Å². The molecule has 6 nitrogen and oxygen atoms in total. The van der Waals surface area contributed by atoms with E-state index in [1.54, 1.807) is 25.1 Å². The number of rotatable bonds is 4. The highest BCUT2D eigenvalue weighted by atomic mass is 19.1. The SMILES string of the molecule is Cc1cccc(-c2nnnn2CC2(C(=O)O)CCC2)c1F. The molecule has 0 aliphatic heterocycles. The zero-order chi connectivity index (χ0) is 15.0. The summed E-state index contributed by atoms with van der Waals surface area (Å²) in [7, 11) is 0. The number of hydrogen-bond acceptors (Lipinski definition) is 4. The molecule has 0 saturated heterocycles. The maximum Gasteiger partial charge on any atom is 0.311 e. The molecule has 1 aromatic carbocycles. The zero-order valence-electron chi connectivity index (χ0n) is 11.6. The second-order valence-corrected chi connectivity index (χ2v) is 5.54. The molecule has 21 heavy (non-hydrogen) atoms. The highest BCUT2D eigenvalue weighted by molar-refractivity contribution is 5.75. The Morgan fingerprint density at radius 1 is 1.48 bits per heavy atom. The van der Waals surface area contributed by atoms with Crippen molar-refractivity contribution in [2.45, 2.75) is 32.7 Å². The minimum Gasteiger partial charge on any atom is -0.481 e. The number of aromatic nitrogens is 4. The maximum atomic E-state index is 14.2. The molecule has 1 aromatic heterocycles. The van der Waals surface area contributed by atoms with E-state index in [9.17, 15) is 14.3 Å². The first-order valence-electron chi connectivity index (χ1n) is 6.78. The van der Waals surface area contributed by atoms with E-state index < -0.39 is 11.4 Å². The van der Waals surface area contributed by atoms with Gasteiger partial charge >= 0.3 is 5.97 Å². The number of tetrazole rings is 1. The molecule has 0 amide bonds. The monoisotopic (exact) mass is 290 g/mol. The number of nitrogens with zero attached hydrogens (tertiary/aromatic N) is 4. The van der Waals surface area contributed by atoms with Crippen LogP contribution in [-0.2, 0) is 11.3 Å². The molecule has 0 spiro atoms. The van der Waals surface area contributed by atoms with Crippen molar-refractivity contribution < 1.29 is 14.3 Å². The maximum absolute atomic E-state index is 14.2. The van der Waals surface area contributed by atoms with Crippen LogP contribution in [0.15, 0.2) is 18.2 Å². The van der Waals surface area contributed by atoms with Crippen molar-refractivity contribution in [3.8, 4) is 11.4 Å². The van der Waals surface area contributed by atoms with Crippen LogP contribution in [0.5, 0.6) is 0 Å². The van der Waals surface area contributed by atoms with Crippen molar-refractivity contribution in [3.05, 3.63) is 29.6 Å². The van der Waals surface area contributed by atoms with E-state index in [4.69, 9.17) is 0 Å². The van der Waals surface area contributed by atoms with Crippen LogP contribution in [0.1, 0.15) is 24.8 Å². The summed E-state index contributed by atoms with van der Waals surface area (Å²) in [5.41, 5.74) is -0.0387. The Labute approximate surface area is 120 Å². The third-order valence-electron chi connectivity index (χ3n) is 4.18.